The Bertz CT molecular complexity index is 8100. The molecule has 4 aromatic heterocycles. The lowest BCUT2D eigenvalue weighted by atomic mass is 9.82. The fourth-order valence-corrected chi connectivity index (χ4v) is 19.9. The van der Waals surface area contributed by atoms with Gasteiger partial charge < -0.3 is 0 Å². The highest BCUT2D eigenvalue weighted by molar-refractivity contribution is 6.02. The number of aryl methyl sites for hydroxylation is 9. The summed E-state index contributed by atoms with van der Waals surface area (Å²) in [6.45, 7) is 18.6. The lowest BCUT2D eigenvalue weighted by molar-refractivity contribution is -0.137. The van der Waals surface area contributed by atoms with Gasteiger partial charge in [0.1, 0.15) is 0 Å². The SMILES string of the molecule is Cc1ccccc1-c1ccc(C)c(-c2cc(-c3ccccc3)c(-c3cc(-c4ccccc4C(F)(F)F)ccc3C)cc2-c2ccccc2)c1.Cc1ccncc1-c1ccc(C)c(-c2cc(-c3ccccc3)c(-c3cc(-c4cnccc4C(F)(F)F)ccc3C)cc2-c2ccccc2)c1.Cc1ccncc1-c1ccc(C)c(-c2cc(-c3ccccc3)c(-c3cc(-c4cnccc4C)ccc3C(F)(F)F)cc2-c2ccccc2)c1. The minimum Gasteiger partial charge on any atom is -0.264 e. The van der Waals surface area contributed by atoms with Gasteiger partial charge >= 0.3 is 18.5 Å². The van der Waals surface area contributed by atoms with Crippen molar-refractivity contribution in [2.75, 3.05) is 0 Å². The van der Waals surface area contributed by atoms with Gasteiger partial charge in [0.15, 0.2) is 0 Å². The maximum Gasteiger partial charge on any atom is 0.417 e. The second kappa shape index (κ2) is 42.3. The molecule has 0 aliphatic carbocycles. The normalized spacial score (nSPS) is 11.5. The molecule has 0 atom stereocenters. The molecule has 0 fully saturated rings. The molecule has 0 saturated carbocycles. The van der Waals surface area contributed by atoms with Gasteiger partial charge in [0.05, 0.1) is 16.7 Å². The highest BCUT2D eigenvalue weighted by Gasteiger charge is 2.38. The van der Waals surface area contributed by atoms with Crippen molar-refractivity contribution in [3.05, 3.63) is 517 Å². The summed E-state index contributed by atoms with van der Waals surface area (Å²) in [7, 11) is 0. The van der Waals surface area contributed by atoms with E-state index in [-0.39, 0.29) is 16.7 Å². The number of alkyl halides is 9. The Morgan fingerprint density at radius 1 is 0.129 bits per heavy atom. The van der Waals surface area contributed by atoms with Crippen molar-refractivity contribution < 1.29 is 39.5 Å². The molecule has 0 aliphatic heterocycles. The van der Waals surface area contributed by atoms with Crippen molar-refractivity contribution in [2.24, 2.45) is 0 Å². The van der Waals surface area contributed by atoms with Crippen LogP contribution in [0.15, 0.2) is 450 Å². The van der Waals surface area contributed by atoms with Gasteiger partial charge in [0.25, 0.3) is 0 Å². The van der Waals surface area contributed by atoms with Crippen LogP contribution in [0.1, 0.15) is 66.8 Å². The van der Waals surface area contributed by atoms with Crippen LogP contribution < -0.4 is 0 Å². The van der Waals surface area contributed by atoms with E-state index in [1.807, 2.05) is 221 Å². The third-order valence-electron chi connectivity index (χ3n) is 27.7. The Labute approximate surface area is 851 Å². The van der Waals surface area contributed by atoms with Crippen LogP contribution in [0.4, 0.5) is 39.5 Å². The summed E-state index contributed by atoms with van der Waals surface area (Å²) in [6.07, 6.45) is -0.311. The molecular formula is C134H101F9N4. The maximum atomic E-state index is 14.9. The summed E-state index contributed by atoms with van der Waals surface area (Å²) >= 11 is 0. The van der Waals surface area contributed by atoms with Gasteiger partial charge in [-0.25, -0.2) is 0 Å². The molecule has 21 aromatic rings. The van der Waals surface area contributed by atoms with E-state index < -0.39 is 35.2 Å². The van der Waals surface area contributed by atoms with E-state index in [2.05, 4.69) is 219 Å². The van der Waals surface area contributed by atoms with Gasteiger partial charge in [0.2, 0.25) is 0 Å². The van der Waals surface area contributed by atoms with Crippen LogP contribution in [0.3, 0.4) is 0 Å². The summed E-state index contributed by atoms with van der Waals surface area (Å²) in [5.74, 6) is 0. The van der Waals surface area contributed by atoms with Gasteiger partial charge in [-0.15, -0.1) is 0 Å². The third kappa shape index (κ3) is 21.1. The Hall–Kier alpha value is -17.3. The average molecular weight is 1940 g/mol. The largest absolute Gasteiger partial charge is 0.417 e. The molecule has 720 valence electrons. The molecular weight excluding hydrogens is 1840 g/mol. The van der Waals surface area contributed by atoms with Crippen LogP contribution in [0, 0.1) is 62.3 Å². The molecule has 0 spiro atoms. The molecule has 0 N–H and O–H groups in total. The summed E-state index contributed by atoms with van der Waals surface area (Å²) < 4.78 is 130. The van der Waals surface area contributed by atoms with Crippen molar-refractivity contribution in [1.29, 1.82) is 0 Å². The molecule has 0 amide bonds. The standard InChI is InChI=1S/C46H35F3.2C44H33F3N2/c1-30-14-10-11-19-37(30)35-24-22-31(2)39(26-35)43-28-42(34-17-8-5-9-18-34)44(29-41(43)33-15-6-4-7-16-33)40-27-36(25-23-32(40)3)38-20-12-13-21-45(38)46(47,48)49;1-28-14-16-33(41-26-48-20-18-30(41)3)22-35(28)39-24-38(32-12-8-5-9-13-32)40(25-37(39)31-10-6-4-7-11-31)36-23-34(17-15-29(36)2)42-27-49-21-19-43(42)44(45,46)47;1-28-14-15-33(41-26-48-20-18-29(41)2)22-35(28)38-24-37(32-12-8-5-9-13-32)39(25-36(38)31-10-6-4-7-11-31)40-23-34(16-17-43(40)44(45,46)47)42-27-49-21-19-30(42)3/h4-29H,1-3H3;2*4-27H,1-3H3. The van der Waals surface area contributed by atoms with E-state index >= 15 is 0 Å². The second-order valence-corrected chi connectivity index (χ2v) is 37.3. The fourth-order valence-electron chi connectivity index (χ4n) is 19.9. The van der Waals surface area contributed by atoms with Gasteiger partial charge in [-0.2, -0.15) is 39.5 Å². The molecule has 0 saturated heterocycles. The van der Waals surface area contributed by atoms with Crippen molar-refractivity contribution in [2.45, 2.75) is 80.8 Å². The van der Waals surface area contributed by atoms with Crippen molar-refractivity contribution in [3.63, 3.8) is 0 Å². The zero-order valence-corrected chi connectivity index (χ0v) is 82.4. The molecule has 21 rings (SSSR count). The van der Waals surface area contributed by atoms with E-state index in [4.69, 9.17) is 0 Å². The summed E-state index contributed by atoms with van der Waals surface area (Å²) in [5, 5.41) is 0. The zero-order chi connectivity index (χ0) is 102. The zero-order valence-electron chi connectivity index (χ0n) is 82.4. The molecule has 0 bridgehead atoms. The van der Waals surface area contributed by atoms with Crippen molar-refractivity contribution in [1.82, 2.24) is 19.9 Å². The topological polar surface area (TPSA) is 51.6 Å². The summed E-state index contributed by atoms with van der Waals surface area (Å²) in [5.41, 5.74) is 39.0. The number of halogens is 9. The quantitative estimate of drug-likeness (QED) is 0.0804. The van der Waals surface area contributed by atoms with E-state index in [1.54, 1.807) is 55.0 Å². The Balaban J connectivity index is 0.000000139. The van der Waals surface area contributed by atoms with Gasteiger partial charge in [-0.05, 0) is 400 Å². The van der Waals surface area contributed by atoms with E-state index in [9.17, 15) is 39.5 Å². The predicted octanol–water partition coefficient (Wildman–Crippen LogP) is 38.5. The monoisotopic (exact) mass is 1940 g/mol. The molecule has 0 radical (unpaired) electrons. The van der Waals surface area contributed by atoms with Crippen molar-refractivity contribution >= 4 is 0 Å². The van der Waals surface area contributed by atoms with Crippen LogP contribution in [0.2, 0.25) is 0 Å². The first kappa shape index (κ1) is 98.5. The minimum atomic E-state index is -4.58. The number of rotatable bonds is 18. The first-order chi connectivity index (χ1) is 71.1. The molecule has 4 heterocycles. The van der Waals surface area contributed by atoms with E-state index in [0.717, 1.165) is 207 Å². The number of aromatic nitrogens is 4. The molecule has 17 aromatic carbocycles. The molecule has 13 heteroatoms. The highest BCUT2D eigenvalue weighted by atomic mass is 19.4. The number of hydrogen-bond acceptors (Lipinski definition) is 4. The number of benzene rings is 17. The van der Waals surface area contributed by atoms with Crippen LogP contribution in [0.25, 0.3) is 200 Å². The number of hydrogen-bond donors (Lipinski definition) is 0. The highest BCUT2D eigenvalue weighted by Crippen LogP contribution is 2.53. The van der Waals surface area contributed by atoms with Crippen LogP contribution >= 0.6 is 0 Å². The van der Waals surface area contributed by atoms with E-state index in [0.29, 0.717) is 27.8 Å². The van der Waals surface area contributed by atoms with Gasteiger partial charge in [0, 0.05) is 71.8 Å². The smallest absolute Gasteiger partial charge is 0.264 e. The molecule has 4 nitrogen and oxygen atoms in total. The summed E-state index contributed by atoms with van der Waals surface area (Å²) in [4.78, 5) is 17.1. The van der Waals surface area contributed by atoms with Crippen molar-refractivity contribution in [3.8, 4) is 200 Å². The molecule has 147 heavy (non-hydrogen) atoms. The van der Waals surface area contributed by atoms with Crippen LogP contribution in [-0.2, 0) is 18.5 Å². The predicted molar refractivity (Wildman–Crippen MR) is 586 cm³/mol. The Morgan fingerprint density at radius 2 is 0.327 bits per heavy atom. The van der Waals surface area contributed by atoms with Gasteiger partial charge in [-0.3, -0.25) is 19.9 Å². The average Bonchev–Trinajstić information content (AvgIpc) is 0.742. The van der Waals surface area contributed by atoms with Gasteiger partial charge in [-0.1, -0.05) is 291 Å². The molecule has 0 unspecified atom stereocenters. The summed E-state index contributed by atoms with van der Waals surface area (Å²) in [6, 6.07) is 130. The number of pyridine rings is 4. The number of nitrogens with zero attached hydrogens (tertiary/aromatic N) is 4. The van der Waals surface area contributed by atoms with Crippen LogP contribution in [-0.4, -0.2) is 19.9 Å². The van der Waals surface area contributed by atoms with Crippen LogP contribution in [0.5, 0.6) is 0 Å². The Kier molecular flexibility index (Phi) is 28.4. The fraction of sp³-hybridized carbons (Fsp3) is 0.0896. The van der Waals surface area contributed by atoms with E-state index in [1.165, 1.54) is 35.7 Å². The Morgan fingerprint density at radius 3 is 0.612 bits per heavy atom. The maximum absolute atomic E-state index is 14.9. The lowest BCUT2D eigenvalue weighted by Gasteiger charge is -2.22. The minimum absolute atomic E-state index is 0.0514. The first-order valence-corrected chi connectivity index (χ1v) is 48.7. The first-order valence-electron chi connectivity index (χ1n) is 48.7. The third-order valence-corrected chi connectivity index (χ3v) is 27.7. The lowest BCUT2D eigenvalue weighted by Crippen LogP contribution is -2.08. The molecule has 0 aliphatic rings. The second-order valence-electron chi connectivity index (χ2n) is 37.3.